The van der Waals surface area contributed by atoms with Crippen molar-refractivity contribution in [3.63, 3.8) is 0 Å². The summed E-state index contributed by atoms with van der Waals surface area (Å²) in [6.07, 6.45) is 3.60. The molecule has 0 radical (unpaired) electrons. The number of hydrogen-bond acceptors (Lipinski definition) is 5. The molecule has 112 valence electrons. The first kappa shape index (κ1) is 14.9. The van der Waals surface area contributed by atoms with Gasteiger partial charge in [-0.25, -0.2) is 0 Å². The van der Waals surface area contributed by atoms with Crippen LogP contribution in [0.4, 0.5) is 0 Å². The van der Waals surface area contributed by atoms with E-state index in [4.69, 9.17) is 16.3 Å². The van der Waals surface area contributed by atoms with E-state index in [0.717, 1.165) is 22.2 Å². The zero-order valence-corrected chi connectivity index (χ0v) is 13.1. The minimum absolute atomic E-state index is 0.335. The molecule has 0 saturated carbocycles. The van der Waals surface area contributed by atoms with Gasteiger partial charge in [-0.15, -0.1) is 10.2 Å². The predicted octanol–water partition coefficient (Wildman–Crippen LogP) is 3.72. The summed E-state index contributed by atoms with van der Waals surface area (Å²) in [6, 6.07) is 11.1. The van der Waals surface area contributed by atoms with Crippen LogP contribution in [0.2, 0.25) is 5.02 Å². The van der Waals surface area contributed by atoms with Crippen LogP contribution in [0.1, 0.15) is 11.4 Å². The van der Waals surface area contributed by atoms with Gasteiger partial charge in [0.1, 0.15) is 12.4 Å². The summed E-state index contributed by atoms with van der Waals surface area (Å²) >= 11 is 7.40. The molecule has 5 nitrogen and oxygen atoms in total. The van der Waals surface area contributed by atoms with Crippen molar-refractivity contribution in [3.05, 3.63) is 65.2 Å². The van der Waals surface area contributed by atoms with Gasteiger partial charge in [0.15, 0.2) is 11.0 Å². The lowest BCUT2D eigenvalue weighted by molar-refractivity contribution is 0.296. The van der Waals surface area contributed by atoms with Gasteiger partial charge in [0.2, 0.25) is 0 Å². The Kier molecular flexibility index (Phi) is 4.92. The number of hydrogen-bond donors (Lipinski definition) is 1. The number of pyridine rings is 1. The Labute approximate surface area is 137 Å². The number of H-pyrrole nitrogens is 1. The number of nitrogens with one attached hydrogen (secondary N) is 1. The van der Waals surface area contributed by atoms with E-state index in [0.29, 0.717) is 17.5 Å². The van der Waals surface area contributed by atoms with E-state index in [-0.39, 0.29) is 0 Å². The van der Waals surface area contributed by atoms with Crippen molar-refractivity contribution in [1.82, 2.24) is 20.2 Å². The Bertz CT molecular complexity index is 718. The molecule has 3 aromatic rings. The zero-order chi connectivity index (χ0) is 15.2. The third-order valence-corrected chi connectivity index (χ3v) is 3.99. The number of thioether (sulfide) groups is 1. The third-order valence-electron chi connectivity index (χ3n) is 2.80. The van der Waals surface area contributed by atoms with E-state index < -0.39 is 0 Å². The quantitative estimate of drug-likeness (QED) is 0.697. The highest BCUT2D eigenvalue weighted by molar-refractivity contribution is 7.98. The summed E-state index contributed by atoms with van der Waals surface area (Å²) in [5, 5.41) is 9.61. The number of aromatic amines is 1. The van der Waals surface area contributed by atoms with Gasteiger partial charge in [-0.05, 0) is 35.9 Å². The van der Waals surface area contributed by atoms with Gasteiger partial charge in [0, 0.05) is 23.2 Å². The van der Waals surface area contributed by atoms with Crippen molar-refractivity contribution in [2.45, 2.75) is 17.5 Å². The molecule has 1 N–H and O–H groups in total. The molecule has 0 amide bonds. The molecule has 0 aliphatic rings. The standard InChI is InChI=1S/C15H13ClN4OS/c16-12-3-5-13(6-4-12)21-9-14-18-15(20-19-14)22-10-11-2-1-7-17-8-11/h1-8H,9-10H2,(H,18,19,20). The SMILES string of the molecule is Clc1ccc(OCc2nnc(SCc3cccnc3)[nH]2)cc1. The highest BCUT2D eigenvalue weighted by Gasteiger charge is 2.05. The first-order chi connectivity index (χ1) is 10.8. The van der Waals surface area contributed by atoms with Gasteiger partial charge < -0.3 is 9.72 Å². The Morgan fingerprint density at radius 1 is 1.14 bits per heavy atom. The van der Waals surface area contributed by atoms with Crippen molar-refractivity contribution in [2.24, 2.45) is 0 Å². The molecule has 0 aliphatic heterocycles. The first-order valence-corrected chi connectivity index (χ1v) is 7.97. The van der Waals surface area contributed by atoms with Crippen molar-refractivity contribution in [1.29, 1.82) is 0 Å². The van der Waals surface area contributed by atoms with Crippen LogP contribution in [0, 0.1) is 0 Å². The van der Waals surface area contributed by atoms with E-state index >= 15 is 0 Å². The normalized spacial score (nSPS) is 10.6. The average Bonchev–Trinajstić information content (AvgIpc) is 3.01. The molecule has 0 spiro atoms. The fraction of sp³-hybridized carbons (Fsp3) is 0.133. The summed E-state index contributed by atoms with van der Waals surface area (Å²) in [4.78, 5) is 7.22. The highest BCUT2D eigenvalue weighted by atomic mass is 35.5. The van der Waals surface area contributed by atoms with E-state index in [1.165, 1.54) is 0 Å². The van der Waals surface area contributed by atoms with E-state index in [2.05, 4.69) is 20.2 Å². The minimum atomic E-state index is 0.335. The molecule has 0 unspecified atom stereocenters. The maximum Gasteiger partial charge on any atom is 0.189 e. The van der Waals surface area contributed by atoms with Gasteiger partial charge in [0.05, 0.1) is 0 Å². The molecule has 3 rings (SSSR count). The lowest BCUT2D eigenvalue weighted by Crippen LogP contribution is -1.97. The fourth-order valence-corrected chi connectivity index (χ4v) is 2.62. The smallest absolute Gasteiger partial charge is 0.189 e. The molecule has 7 heteroatoms. The molecule has 1 aromatic carbocycles. The van der Waals surface area contributed by atoms with Crippen LogP contribution in [0.25, 0.3) is 0 Å². The molecule has 2 aromatic heterocycles. The largest absolute Gasteiger partial charge is 0.486 e. The molecule has 0 bridgehead atoms. The zero-order valence-electron chi connectivity index (χ0n) is 11.6. The van der Waals surface area contributed by atoms with Crippen LogP contribution in [0.5, 0.6) is 5.75 Å². The van der Waals surface area contributed by atoms with Gasteiger partial charge >= 0.3 is 0 Å². The number of aromatic nitrogens is 4. The Balaban J connectivity index is 1.51. The van der Waals surface area contributed by atoms with E-state index in [1.807, 2.05) is 30.5 Å². The van der Waals surface area contributed by atoms with Crippen molar-refractivity contribution >= 4 is 23.4 Å². The molecule has 0 fully saturated rings. The number of ether oxygens (including phenoxy) is 1. The van der Waals surface area contributed by atoms with Crippen LogP contribution in [-0.2, 0) is 12.4 Å². The van der Waals surface area contributed by atoms with Gasteiger partial charge in [-0.2, -0.15) is 0 Å². The van der Waals surface area contributed by atoms with E-state index in [9.17, 15) is 0 Å². The second kappa shape index (κ2) is 7.29. The highest BCUT2D eigenvalue weighted by Crippen LogP contribution is 2.19. The predicted molar refractivity (Wildman–Crippen MR) is 86.0 cm³/mol. The van der Waals surface area contributed by atoms with Crippen LogP contribution in [0.15, 0.2) is 53.9 Å². The van der Waals surface area contributed by atoms with Crippen LogP contribution in [0.3, 0.4) is 0 Å². The molecular formula is C15H13ClN4OS. The molecule has 22 heavy (non-hydrogen) atoms. The van der Waals surface area contributed by atoms with Crippen LogP contribution >= 0.6 is 23.4 Å². The van der Waals surface area contributed by atoms with Crippen molar-refractivity contribution < 1.29 is 4.74 Å². The monoisotopic (exact) mass is 332 g/mol. The lowest BCUT2D eigenvalue weighted by atomic mass is 10.3. The second-order valence-corrected chi connectivity index (χ2v) is 5.87. The summed E-state index contributed by atoms with van der Waals surface area (Å²) in [6.45, 7) is 0.335. The van der Waals surface area contributed by atoms with Gasteiger partial charge in [-0.1, -0.05) is 29.4 Å². The summed E-state index contributed by atoms with van der Waals surface area (Å²) in [7, 11) is 0. The van der Waals surface area contributed by atoms with Gasteiger partial charge in [0.25, 0.3) is 0 Å². The number of halogens is 1. The average molecular weight is 333 g/mol. The number of nitrogens with zero attached hydrogens (tertiary/aromatic N) is 3. The first-order valence-electron chi connectivity index (χ1n) is 6.61. The molecule has 0 saturated heterocycles. The maximum atomic E-state index is 5.83. The Morgan fingerprint density at radius 2 is 2.00 bits per heavy atom. The summed E-state index contributed by atoms with van der Waals surface area (Å²) < 4.78 is 5.61. The number of benzene rings is 1. The lowest BCUT2D eigenvalue weighted by Gasteiger charge is -2.03. The van der Waals surface area contributed by atoms with E-state index in [1.54, 1.807) is 30.1 Å². The van der Waals surface area contributed by atoms with Gasteiger partial charge in [-0.3, -0.25) is 4.98 Å². The van der Waals surface area contributed by atoms with Crippen molar-refractivity contribution in [3.8, 4) is 5.75 Å². The Hall–Kier alpha value is -2.05. The topological polar surface area (TPSA) is 63.7 Å². The minimum Gasteiger partial charge on any atom is -0.486 e. The molecule has 2 heterocycles. The second-order valence-electron chi connectivity index (χ2n) is 4.47. The Morgan fingerprint density at radius 3 is 2.77 bits per heavy atom. The summed E-state index contributed by atoms with van der Waals surface area (Å²) in [5.41, 5.74) is 1.14. The van der Waals surface area contributed by atoms with Crippen LogP contribution < -0.4 is 4.74 Å². The molecule has 0 aliphatic carbocycles. The van der Waals surface area contributed by atoms with Crippen molar-refractivity contribution in [2.75, 3.05) is 0 Å². The number of rotatable bonds is 6. The molecule has 0 atom stereocenters. The third kappa shape index (κ3) is 4.22. The molecular weight excluding hydrogens is 320 g/mol. The van der Waals surface area contributed by atoms with Crippen LogP contribution in [-0.4, -0.2) is 20.2 Å². The summed E-state index contributed by atoms with van der Waals surface area (Å²) in [5.74, 6) is 2.22. The maximum absolute atomic E-state index is 5.83. The fourth-order valence-electron chi connectivity index (χ4n) is 1.73.